The van der Waals surface area contributed by atoms with Gasteiger partial charge in [0.05, 0.1) is 6.20 Å². The second-order valence-corrected chi connectivity index (χ2v) is 5.57. The number of aryl methyl sites for hydroxylation is 1. The first-order valence-electron chi connectivity index (χ1n) is 7.28. The molecule has 0 amide bonds. The van der Waals surface area contributed by atoms with Crippen LogP contribution in [-0.2, 0) is 0 Å². The number of anilines is 2. The first kappa shape index (κ1) is 13.9. The molecule has 110 valence electrons. The van der Waals surface area contributed by atoms with Crippen molar-refractivity contribution >= 4 is 11.6 Å². The average molecular weight is 284 g/mol. The van der Waals surface area contributed by atoms with E-state index < -0.39 is 0 Å². The Morgan fingerprint density at radius 2 is 2.14 bits per heavy atom. The summed E-state index contributed by atoms with van der Waals surface area (Å²) in [5, 5.41) is 3.20. The molecular weight excluding hydrogens is 264 g/mol. The first-order valence-corrected chi connectivity index (χ1v) is 7.28. The topological polar surface area (TPSA) is 66.8 Å². The molecule has 0 aliphatic carbocycles. The number of likely N-dealkylation sites (N-methyl/N-ethyl adjacent to an activating group) is 1. The SMILES string of the molecule is Cc1cc(Nc2cnccn2)nc([C@H]2CCCN(C)C2)n1. The van der Waals surface area contributed by atoms with Gasteiger partial charge in [-0.2, -0.15) is 0 Å². The standard InChI is InChI=1S/C15H20N6/c1-11-8-13(19-14-9-16-5-6-17-14)20-15(18-11)12-4-3-7-21(2)10-12/h5-6,8-9,12H,3-4,7,10H2,1-2H3,(H,17,18,19,20)/t12-/m0/s1. The van der Waals surface area contributed by atoms with Crippen LogP contribution < -0.4 is 5.32 Å². The Kier molecular flexibility index (Phi) is 4.06. The lowest BCUT2D eigenvalue weighted by molar-refractivity contribution is 0.246. The van der Waals surface area contributed by atoms with Crippen molar-refractivity contribution < 1.29 is 0 Å². The van der Waals surface area contributed by atoms with Gasteiger partial charge in [0.25, 0.3) is 0 Å². The third-order valence-corrected chi connectivity index (χ3v) is 3.68. The predicted octanol–water partition coefficient (Wildman–Crippen LogP) is 2.13. The van der Waals surface area contributed by atoms with E-state index in [0.717, 1.165) is 36.8 Å². The summed E-state index contributed by atoms with van der Waals surface area (Å²) in [6.45, 7) is 4.18. The van der Waals surface area contributed by atoms with Crippen LogP contribution in [0.1, 0.15) is 30.3 Å². The Hall–Kier alpha value is -2.08. The Morgan fingerprint density at radius 3 is 2.90 bits per heavy atom. The van der Waals surface area contributed by atoms with E-state index in [1.165, 1.54) is 6.42 Å². The van der Waals surface area contributed by atoms with Gasteiger partial charge in [-0.1, -0.05) is 0 Å². The third kappa shape index (κ3) is 3.52. The monoisotopic (exact) mass is 284 g/mol. The lowest BCUT2D eigenvalue weighted by atomic mass is 9.97. The van der Waals surface area contributed by atoms with Gasteiger partial charge in [0, 0.05) is 36.6 Å². The molecule has 0 saturated carbocycles. The third-order valence-electron chi connectivity index (χ3n) is 3.68. The number of likely N-dealkylation sites (tertiary alicyclic amines) is 1. The molecule has 0 bridgehead atoms. The predicted molar refractivity (Wildman–Crippen MR) is 81.6 cm³/mol. The molecule has 1 aliphatic rings. The minimum atomic E-state index is 0.408. The number of rotatable bonds is 3. The van der Waals surface area contributed by atoms with Crippen molar-refractivity contribution in [2.45, 2.75) is 25.7 Å². The molecule has 21 heavy (non-hydrogen) atoms. The molecule has 2 aromatic heterocycles. The van der Waals surface area contributed by atoms with Crippen LogP contribution in [0, 0.1) is 6.92 Å². The fraction of sp³-hybridized carbons (Fsp3) is 0.467. The van der Waals surface area contributed by atoms with E-state index in [4.69, 9.17) is 0 Å². The van der Waals surface area contributed by atoms with E-state index in [0.29, 0.717) is 11.7 Å². The minimum absolute atomic E-state index is 0.408. The highest BCUT2D eigenvalue weighted by Gasteiger charge is 2.22. The Morgan fingerprint density at radius 1 is 1.24 bits per heavy atom. The summed E-state index contributed by atoms with van der Waals surface area (Å²) in [4.78, 5) is 19.9. The summed E-state index contributed by atoms with van der Waals surface area (Å²) in [6, 6.07) is 1.94. The number of hydrogen-bond acceptors (Lipinski definition) is 6. The van der Waals surface area contributed by atoms with Crippen molar-refractivity contribution in [3.05, 3.63) is 36.2 Å². The number of piperidine rings is 1. The summed E-state index contributed by atoms with van der Waals surface area (Å²) in [6.07, 6.45) is 7.35. The van der Waals surface area contributed by atoms with Crippen molar-refractivity contribution in [2.75, 3.05) is 25.5 Å². The zero-order valence-electron chi connectivity index (χ0n) is 12.5. The molecule has 1 fully saturated rings. The summed E-state index contributed by atoms with van der Waals surface area (Å²) >= 11 is 0. The van der Waals surface area contributed by atoms with Crippen LogP contribution in [-0.4, -0.2) is 45.0 Å². The number of nitrogens with one attached hydrogen (secondary N) is 1. The lowest BCUT2D eigenvalue weighted by Crippen LogP contribution is -2.31. The van der Waals surface area contributed by atoms with Crippen molar-refractivity contribution in [2.24, 2.45) is 0 Å². The van der Waals surface area contributed by atoms with Gasteiger partial charge in [0.1, 0.15) is 17.5 Å². The summed E-state index contributed by atoms with van der Waals surface area (Å²) < 4.78 is 0. The maximum absolute atomic E-state index is 4.67. The second kappa shape index (κ2) is 6.13. The maximum Gasteiger partial charge on any atom is 0.150 e. The zero-order valence-corrected chi connectivity index (χ0v) is 12.5. The van der Waals surface area contributed by atoms with E-state index in [2.05, 4.69) is 37.2 Å². The molecule has 1 aliphatic heterocycles. The van der Waals surface area contributed by atoms with Crippen molar-refractivity contribution in [1.82, 2.24) is 24.8 Å². The van der Waals surface area contributed by atoms with E-state index >= 15 is 0 Å². The normalized spacial score (nSPS) is 19.4. The van der Waals surface area contributed by atoms with Gasteiger partial charge in [-0.25, -0.2) is 15.0 Å². The molecule has 0 spiro atoms. The summed E-state index contributed by atoms with van der Waals surface area (Å²) in [7, 11) is 2.15. The van der Waals surface area contributed by atoms with Gasteiger partial charge < -0.3 is 10.2 Å². The smallest absolute Gasteiger partial charge is 0.150 e. The highest BCUT2D eigenvalue weighted by atomic mass is 15.1. The number of hydrogen-bond donors (Lipinski definition) is 1. The van der Waals surface area contributed by atoms with E-state index in [-0.39, 0.29) is 0 Å². The lowest BCUT2D eigenvalue weighted by Gasteiger charge is -2.28. The maximum atomic E-state index is 4.67. The molecule has 0 aromatic carbocycles. The van der Waals surface area contributed by atoms with Crippen LogP contribution in [0.3, 0.4) is 0 Å². The quantitative estimate of drug-likeness (QED) is 0.931. The summed E-state index contributed by atoms with van der Waals surface area (Å²) in [5.41, 5.74) is 0.972. The van der Waals surface area contributed by atoms with Gasteiger partial charge >= 0.3 is 0 Å². The molecule has 6 heteroatoms. The second-order valence-electron chi connectivity index (χ2n) is 5.57. The minimum Gasteiger partial charge on any atom is -0.324 e. The van der Waals surface area contributed by atoms with Crippen molar-refractivity contribution in [3.8, 4) is 0 Å². The fourth-order valence-electron chi connectivity index (χ4n) is 2.71. The van der Waals surface area contributed by atoms with Crippen molar-refractivity contribution in [1.29, 1.82) is 0 Å². The molecule has 1 saturated heterocycles. The zero-order chi connectivity index (χ0) is 14.7. The van der Waals surface area contributed by atoms with E-state index in [9.17, 15) is 0 Å². The van der Waals surface area contributed by atoms with Crippen molar-refractivity contribution in [3.63, 3.8) is 0 Å². The highest BCUT2D eigenvalue weighted by molar-refractivity contribution is 5.50. The number of nitrogens with zero attached hydrogens (tertiary/aromatic N) is 5. The van der Waals surface area contributed by atoms with E-state index in [1.807, 2.05) is 13.0 Å². The molecule has 0 radical (unpaired) electrons. The van der Waals surface area contributed by atoms with Crippen LogP contribution in [0.25, 0.3) is 0 Å². The Bertz CT molecular complexity index is 600. The largest absolute Gasteiger partial charge is 0.324 e. The van der Waals surface area contributed by atoms with Crippen LogP contribution in [0.15, 0.2) is 24.7 Å². The Balaban J connectivity index is 1.82. The van der Waals surface area contributed by atoms with Gasteiger partial charge in [-0.3, -0.25) is 4.98 Å². The van der Waals surface area contributed by atoms with Crippen LogP contribution in [0.5, 0.6) is 0 Å². The molecular formula is C15H20N6. The first-order chi connectivity index (χ1) is 10.2. The van der Waals surface area contributed by atoms with Crippen LogP contribution in [0.4, 0.5) is 11.6 Å². The fourth-order valence-corrected chi connectivity index (χ4v) is 2.71. The summed E-state index contributed by atoms with van der Waals surface area (Å²) in [5.74, 6) is 2.81. The molecule has 2 aromatic rings. The van der Waals surface area contributed by atoms with E-state index in [1.54, 1.807) is 18.6 Å². The van der Waals surface area contributed by atoms with Gasteiger partial charge in [0.15, 0.2) is 0 Å². The average Bonchev–Trinajstić information content (AvgIpc) is 2.48. The molecule has 0 unspecified atom stereocenters. The van der Waals surface area contributed by atoms with Crippen LogP contribution in [0.2, 0.25) is 0 Å². The number of aromatic nitrogens is 4. The molecule has 3 rings (SSSR count). The van der Waals surface area contributed by atoms with Crippen LogP contribution >= 0.6 is 0 Å². The Labute approximate surface area is 124 Å². The highest BCUT2D eigenvalue weighted by Crippen LogP contribution is 2.25. The molecule has 3 heterocycles. The van der Waals surface area contributed by atoms with Gasteiger partial charge in [-0.15, -0.1) is 0 Å². The van der Waals surface area contributed by atoms with Gasteiger partial charge in [-0.05, 0) is 33.4 Å². The molecule has 1 N–H and O–H groups in total. The molecule has 6 nitrogen and oxygen atoms in total. The van der Waals surface area contributed by atoms with Gasteiger partial charge in [0.2, 0.25) is 0 Å². The molecule has 1 atom stereocenters.